The summed E-state index contributed by atoms with van der Waals surface area (Å²) in [7, 11) is 0. The molecule has 0 aliphatic rings. The van der Waals surface area contributed by atoms with Gasteiger partial charge in [0.1, 0.15) is 6.04 Å². The summed E-state index contributed by atoms with van der Waals surface area (Å²) in [5.41, 5.74) is 5.33. The zero-order valence-corrected chi connectivity index (χ0v) is 9.16. The molecular formula is C10H20N2O3. The predicted molar refractivity (Wildman–Crippen MR) is 57.4 cm³/mol. The van der Waals surface area contributed by atoms with Gasteiger partial charge in [0.15, 0.2) is 0 Å². The minimum Gasteiger partial charge on any atom is -0.480 e. The van der Waals surface area contributed by atoms with Gasteiger partial charge in [0, 0.05) is 6.42 Å². The Morgan fingerprint density at radius 3 is 2.40 bits per heavy atom. The van der Waals surface area contributed by atoms with E-state index in [2.05, 4.69) is 5.32 Å². The molecule has 0 fully saturated rings. The minimum absolute atomic E-state index is 0.197. The summed E-state index contributed by atoms with van der Waals surface area (Å²) in [6.45, 7) is 2.14. The molecule has 0 aliphatic heterocycles. The molecule has 0 aromatic rings. The largest absolute Gasteiger partial charge is 0.480 e. The van der Waals surface area contributed by atoms with Gasteiger partial charge in [0.2, 0.25) is 5.91 Å². The monoisotopic (exact) mass is 216 g/mol. The highest BCUT2D eigenvalue weighted by atomic mass is 16.4. The molecule has 4 N–H and O–H groups in total. The molecule has 1 atom stereocenters. The number of hydrogen-bond donors (Lipinski definition) is 3. The summed E-state index contributed by atoms with van der Waals surface area (Å²) >= 11 is 0. The van der Waals surface area contributed by atoms with E-state index in [1.165, 1.54) is 6.92 Å². The molecule has 0 aliphatic carbocycles. The fourth-order valence-corrected chi connectivity index (χ4v) is 1.16. The van der Waals surface area contributed by atoms with Crippen LogP contribution in [0, 0.1) is 0 Å². The highest BCUT2D eigenvalue weighted by Gasteiger charge is 2.12. The van der Waals surface area contributed by atoms with Crippen LogP contribution in [0.5, 0.6) is 0 Å². The van der Waals surface area contributed by atoms with E-state index in [-0.39, 0.29) is 5.91 Å². The van der Waals surface area contributed by atoms with Crippen molar-refractivity contribution in [1.29, 1.82) is 0 Å². The summed E-state index contributed by atoms with van der Waals surface area (Å²) in [4.78, 5) is 21.6. The third kappa shape index (κ3) is 7.93. The van der Waals surface area contributed by atoms with E-state index in [0.29, 0.717) is 13.0 Å². The van der Waals surface area contributed by atoms with Gasteiger partial charge < -0.3 is 16.2 Å². The van der Waals surface area contributed by atoms with E-state index < -0.39 is 12.0 Å². The Kier molecular flexibility index (Phi) is 7.62. The van der Waals surface area contributed by atoms with Crippen LogP contribution in [0.1, 0.15) is 39.0 Å². The van der Waals surface area contributed by atoms with Crippen LogP contribution >= 0.6 is 0 Å². The summed E-state index contributed by atoms with van der Waals surface area (Å²) in [6.07, 6.45) is 4.15. The van der Waals surface area contributed by atoms with Crippen molar-refractivity contribution in [3.63, 3.8) is 0 Å². The molecule has 0 aromatic heterocycles. The van der Waals surface area contributed by atoms with E-state index in [4.69, 9.17) is 10.8 Å². The predicted octanol–water partition coefficient (Wildman–Crippen LogP) is 0.485. The lowest BCUT2D eigenvalue weighted by Gasteiger charge is -2.08. The Labute approximate surface area is 90.0 Å². The lowest BCUT2D eigenvalue weighted by molar-refractivity contribution is -0.141. The normalized spacial score (nSPS) is 12.1. The maximum absolute atomic E-state index is 11.2. The smallest absolute Gasteiger partial charge is 0.325 e. The molecule has 5 nitrogen and oxygen atoms in total. The molecule has 5 heteroatoms. The van der Waals surface area contributed by atoms with Crippen LogP contribution in [0.15, 0.2) is 0 Å². The molecule has 0 bridgehead atoms. The van der Waals surface area contributed by atoms with Crippen LogP contribution in [-0.4, -0.2) is 29.6 Å². The first-order chi connectivity index (χ1) is 7.07. The molecule has 0 spiro atoms. The Balaban J connectivity index is 3.45. The van der Waals surface area contributed by atoms with E-state index in [0.717, 1.165) is 25.7 Å². The number of nitrogens with one attached hydrogen (secondary N) is 1. The van der Waals surface area contributed by atoms with Gasteiger partial charge in [-0.1, -0.05) is 12.8 Å². The molecule has 0 saturated carbocycles. The second-order valence-corrected chi connectivity index (χ2v) is 3.58. The van der Waals surface area contributed by atoms with Gasteiger partial charge in [0.05, 0.1) is 0 Å². The number of carbonyl (C=O) groups is 2. The number of rotatable bonds is 8. The molecule has 0 rings (SSSR count). The quantitative estimate of drug-likeness (QED) is 0.515. The Morgan fingerprint density at radius 2 is 1.87 bits per heavy atom. The van der Waals surface area contributed by atoms with Crippen molar-refractivity contribution in [2.75, 3.05) is 6.54 Å². The number of carboxylic acid groups (broad SMARTS) is 1. The van der Waals surface area contributed by atoms with Gasteiger partial charge in [-0.25, -0.2) is 0 Å². The Hall–Kier alpha value is -1.10. The number of nitrogens with two attached hydrogens (primary N) is 1. The third-order valence-corrected chi connectivity index (χ3v) is 2.11. The topological polar surface area (TPSA) is 92.4 Å². The highest BCUT2D eigenvalue weighted by molar-refractivity contribution is 5.83. The van der Waals surface area contributed by atoms with Crippen molar-refractivity contribution in [3.05, 3.63) is 0 Å². The van der Waals surface area contributed by atoms with Gasteiger partial charge in [0.25, 0.3) is 0 Å². The molecule has 15 heavy (non-hydrogen) atoms. The van der Waals surface area contributed by atoms with Crippen LogP contribution in [-0.2, 0) is 9.59 Å². The highest BCUT2D eigenvalue weighted by Crippen LogP contribution is 2.02. The zero-order chi connectivity index (χ0) is 11.7. The van der Waals surface area contributed by atoms with Crippen LogP contribution < -0.4 is 11.1 Å². The van der Waals surface area contributed by atoms with Crippen LogP contribution in [0.3, 0.4) is 0 Å². The maximum atomic E-state index is 11.2. The summed E-state index contributed by atoms with van der Waals surface area (Å²) in [5, 5.41) is 11.0. The van der Waals surface area contributed by atoms with Gasteiger partial charge >= 0.3 is 5.97 Å². The van der Waals surface area contributed by atoms with Crippen molar-refractivity contribution in [3.8, 4) is 0 Å². The number of hydrogen-bond acceptors (Lipinski definition) is 3. The molecule has 0 heterocycles. The third-order valence-electron chi connectivity index (χ3n) is 2.11. The average Bonchev–Trinajstić information content (AvgIpc) is 2.17. The molecule has 0 saturated heterocycles. The number of aliphatic carboxylic acids is 1. The first kappa shape index (κ1) is 13.9. The molecule has 0 unspecified atom stereocenters. The second kappa shape index (κ2) is 8.23. The zero-order valence-electron chi connectivity index (χ0n) is 9.16. The summed E-state index contributed by atoms with van der Waals surface area (Å²) in [5.74, 6) is -1.20. The fourth-order valence-electron chi connectivity index (χ4n) is 1.16. The number of carbonyl (C=O) groups excluding carboxylic acids is 1. The van der Waals surface area contributed by atoms with Gasteiger partial charge in [-0.15, -0.1) is 0 Å². The SMILES string of the molecule is C[C@@H](NC(=O)CCCCCCN)C(=O)O. The van der Waals surface area contributed by atoms with E-state index in [1.807, 2.05) is 0 Å². The number of unbranched alkanes of at least 4 members (excludes halogenated alkanes) is 3. The molecular weight excluding hydrogens is 196 g/mol. The van der Waals surface area contributed by atoms with Crippen molar-refractivity contribution in [1.82, 2.24) is 5.32 Å². The van der Waals surface area contributed by atoms with E-state index >= 15 is 0 Å². The maximum Gasteiger partial charge on any atom is 0.325 e. The van der Waals surface area contributed by atoms with Crippen molar-refractivity contribution < 1.29 is 14.7 Å². The average molecular weight is 216 g/mol. The van der Waals surface area contributed by atoms with Crippen molar-refractivity contribution >= 4 is 11.9 Å². The fraction of sp³-hybridized carbons (Fsp3) is 0.800. The summed E-state index contributed by atoms with van der Waals surface area (Å²) < 4.78 is 0. The lowest BCUT2D eigenvalue weighted by Crippen LogP contribution is -2.38. The Bertz CT molecular complexity index is 207. The number of carboxylic acids is 1. The van der Waals surface area contributed by atoms with Gasteiger partial charge in [-0.05, 0) is 26.3 Å². The van der Waals surface area contributed by atoms with E-state index in [9.17, 15) is 9.59 Å². The standard InChI is InChI=1S/C10H20N2O3/c1-8(10(14)15)12-9(13)6-4-2-3-5-7-11/h8H,2-7,11H2,1H3,(H,12,13)(H,14,15)/t8-/m1/s1. The van der Waals surface area contributed by atoms with Crippen LogP contribution in [0.4, 0.5) is 0 Å². The van der Waals surface area contributed by atoms with Gasteiger partial charge in [-0.2, -0.15) is 0 Å². The lowest BCUT2D eigenvalue weighted by atomic mass is 10.1. The van der Waals surface area contributed by atoms with Crippen molar-refractivity contribution in [2.45, 2.75) is 45.1 Å². The Morgan fingerprint density at radius 1 is 1.27 bits per heavy atom. The van der Waals surface area contributed by atoms with E-state index in [1.54, 1.807) is 0 Å². The minimum atomic E-state index is -1.01. The van der Waals surface area contributed by atoms with Crippen molar-refractivity contribution in [2.24, 2.45) is 5.73 Å². The molecule has 0 aromatic carbocycles. The second-order valence-electron chi connectivity index (χ2n) is 3.58. The molecule has 1 amide bonds. The number of amides is 1. The first-order valence-corrected chi connectivity index (χ1v) is 5.30. The van der Waals surface area contributed by atoms with Gasteiger partial charge in [-0.3, -0.25) is 9.59 Å². The van der Waals surface area contributed by atoms with Crippen LogP contribution in [0.2, 0.25) is 0 Å². The first-order valence-electron chi connectivity index (χ1n) is 5.30. The molecule has 88 valence electrons. The van der Waals surface area contributed by atoms with Crippen LogP contribution in [0.25, 0.3) is 0 Å². The molecule has 0 radical (unpaired) electrons. The summed E-state index contributed by atoms with van der Waals surface area (Å²) in [6, 6.07) is -0.804.